The fraction of sp³-hybridized carbons (Fsp3) is 0.455. The standard InChI is InChI=1S/C11H16Cl2N2/c1-7(9(5-14)6-15)8-2-3-10(12)11(13)4-8/h2-4,7,9H,5-6,14-15H2,1H3. The number of benzene rings is 1. The lowest BCUT2D eigenvalue weighted by molar-refractivity contribution is 0.467. The van der Waals surface area contributed by atoms with Crippen molar-refractivity contribution in [2.24, 2.45) is 17.4 Å². The van der Waals surface area contributed by atoms with Crippen molar-refractivity contribution < 1.29 is 0 Å². The lowest BCUT2D eigenvalue weighted by Crippen LogP contribution is -2.27. The molecule has 0 aliphatic rings. The normalized spacial score (nSPS) is 13.2. The van der Waals surface area contributed by atoms with Crippen molar-refractivity contribution in [2.45, 2.75) is 12.8 Å². The molecule has 0 saturated carbocycles. The van der Waals surface area contributed by atoms with E-state index >= 15 is 0 Å². The van der Waals surface area contributed by atoms with Gasteiger partial charge in [0.1, 0.15) is 0 Å². The Morgan fingerprint density at radius 1 is 1.13 bits per heavy atom. The Hall–Kier alpha value is -0.280. The summed E-state index contributed by atoms with van der Waals surface area (Å²) in [6, 6.07) is 5.66. The first kappa shape index (κ1) is 12.8. The zero-order valence-corrected chi connectivity index (χ0v) is 10.2. The van der Waals surface area contributed by atoms with Gasteiger partial charge in [0.2, 0.25) is 0 Å². The summed E-state index contributed by atoms with van der Waals surface area (Å²) < 4.78 is 0. The van der Waals surface area contributed by atoms with Gasteiger partial charge in [-0.25, -0.2) is 0 Å². The Balaban J connectivity index is 2.90. The molecule has 1 aromatic carbocycles. The highest BCUT2D eigenvalue weighted by atomic mass is 35.5. The molecule has 0 fully saturated rings. The van der Waals surface area contributed by atoms with E-state index in [9.17, 15) is 0 Å². The quantitative estimate of drug-likeness (QED) is 0.859. The van der Waals surface area contributed by atoms with Gasteiger partial charge in [0.15, 0.2) is 0 Å². The molecule has 1 atom stereocenters. The molecule has 15 heavy (non-hydrogen) atoms. The van der Waals surface area contributed by atoms with Crippen LogP contribution in [0.1, 0.15) is 18.4 Å². The van der Waals surface area contributed by atoms with E-state index in [2.05, 4.69) is 6.92 Å². The van der Waals surface area contributed by atoms with Crippen molar-refractivity contribution in [1.29, 1.82) is 0 Å². The third-order valence-electron chi connectivity index (χ3n) is 2.78. The molecule has 1 unspecified atom stereocenters. The zero-order valence-electron chi connectivity index (χ0n) is 8.71. The first-order valence-electron chi connectivity index (χ1n) is 4.95. The molecule has 0 amide bonds. The molecule has 0 aliphatic carbocycles. The molecule has 2 nitrogen and oxygen atoms in total. The van der Waals surface area contributed by atoms with E-state index in [1.54, 1.807) is 6.07 Å². The first-order valence-corrected chi connectivity index (χ1v) is 5.70. The van der Waals surface area contributed by atoms with Gasteiger partial charge < -0.3 is 11.5 Å². The number of nitrogens with two attached hydrogens (primary N) is 2. The van der Waals surface area contributed by atoms with E-state index < -0.39 is 0 Å². The van der Waals surface area contributed by atoms with Gasteiger partial charge in [0, 0.05) is 0 Å². The minimum Gasteiger partial charge on any atom is -0.330 e. The van der Waals surface area contributed by atoms with Crippen LogP contribution in [0.2, 0.25) is 10.0 Å². The van der Waals surface area contributed by atoms with Gasteiger partial charge in [-0.1, -0.05) is 36.2 Å². The van der Waals surface area contributed by atoms with E-state index in [4.69, 9.17) is 34.7 Å². The Morgan fingerprint density at radius 2 is 1.73 bits per heavy atom. The average Bonchev–Trinajstić information content (AvgIpc) is 2.23. The third kappa shape index (κ3) is 3.08. The SMILES string of the molecule is CC(c1ccc(Cl)c(Cl)c1)C(CN)CN. The maximum Gasteiger partial charge on any atom is 0.0595 e. The molecule has 0 heterocycles. The molecular weight excluding hydrogens is 231 g/mol. The van der Waals surface area contributed by atoms with Crippen molar-refractivity contribution >= 4 is 23.2 Å². The predicted octanol–water partition coefficient (Wildman–Crippen LogP) is 2.63. The van der Waals surface area contributed by atoms with Gasteiger partial charge >= 0.3 is 0 Å². The van der Waals surface area contributed by atoms with Crippen molar-refractivity contribution in [1.82, 2.24) is 0 Å². The fourth-order valence-corrected chi connectivity index (χ4v) is 1.88. The van der Waals surface area contributed by atoms with E-state index in [1.807, 2.05) is 12.1 Å². The molecule has 0 bridgehead atoms. The molecule has 0 aromatic heterocycles. The van der Waals surface area contributed by atoms with Crippen LogP contribution in [-0.2, 0) is 0 Å². The van der Waals surface area contributed by atoms with Crippen LogP contribution in [0, 0.1) is 5.92 Å². The lowest BCUT2D eigenvalue weighted by Gasteiger charge is -2.21. The molecule has 0 radical (unpaired) electrons. The van der Waals surface area contributed by atoms with Crippen molar-refractivity contribution in [3.63, 3.8) is 0 Å². The van der Waals surface area contributed by atoms with Crippen LogP contribution in [0.5, 0.6) is 0 Å². The van der Waals surface area contributed by atoms with Crippen LogP contribution in [0.3, 0.4) is 0 Å². The second-order valence-electron chi connectivity index (χ2n) is 3.69. The van der Waals surface area contributed by atoms with Gasteiger partial charge in [0.05, 0.1) is 10.0 Å². The second kappa shape index (κ2) is 5.71. The minimum atomic E-state index is 0.280. The highest BCUT2D eigenvalue weighted by molar-refractivity contribution is 6.42. The molecule has 84 valence electrons. The summed E-state index contributed by atoms with van der Waals surface area (Å²) in [5.74, 6) is 0.581. The Morgan fingerprint density at radius 3 is 2.20 bits per heavy atom. The van der Waals surface area contributed by atoms with Crippen molar-refractivity contribution in [3.05, 3.63) is 33.8 Å². The summed E-state index contributed by atoms with van der Waals surface area (Å²) in [5, 5.41) is 1.15. The summed E-state index contributed by atoms with van der Waals surface area (Å²) in [7, 11) is 0. The summed E-state index contributed by atoms with van der Waals surface area (Å²) in [4.78, 5) is 0. The minimum absolute atomic E-state index is 0.280. The number of hydrogen-bond acceptors (Lipinski definition) is 2. The van der Waals surface area contributed by atoms with E-state index in [1.165, 1.54) is 0 Å². The van der Waals surface area contributed by atoms with Crippen LogP contribution >= 0.6 is 23.2 Å². The molecule has 4 heteroatoms. The van der Waals surface area contributed by atoms with Gasteiger partial charge in [-0.05, 0) is 42.6 Å². The molecule has 4 N–H and O–H groups in total. The summed E-state index contributed by atoms with van der Waals surface area (Å²) >= 11 is 11.8. The van der Waals surface area contributed by atoms with Crippen LogP contribution in [0.15, 0.2) is 18.2 Å². The average molecular weight is 247 g/mol. The largest absolute Gasteiger partial charge is 0.330 e. The monoisotopic (exact) mass is 246 g/mol. The van der Waals surface area contributed by atoms with E-state index in [0.717, 1.165) is 5.56 Å². The molecule has 0 saturated heterocycles. The fourth-order valence-electron chi connectivity index (χ4n) is 1.57. The van der Waals surface area contributed by atoms with Crippen LogP contribution < -0.4 is 11.5 Å². The van der Waals surface area contributed by atoms with E-state index in [0.29, 0.717) is 29.1 Å². The van der Waals surface area contributed by atoms with Gasteiger partial charge in [0.25, 0.3) is 0 Å². The molecule has 1 rings (SSSR count). The maximum absolute atomic E-state index is 5.95. The van der Waals surface area contributed by atoms with Crippen molar-refractivity contribution in [2.75, 3.05) is 13.1 Å². The van der Waals surface area contributed by atoms with Gasteiger partial charge in [-0.15, -0.1) is 0 Å². The maximum atomic E-state index is 5.95. The Labute approximate surface area is 101 Å². The van der Waals surface area contributed by atoms with Gasteiger partial charge in [-0.2, -0.15) is 0 Å². The number of halogens is 2. The Bertz CT molecular complexity index is 324. The van der Waals surface area contributed by atoms with E-state index in [-0.39, 0.29) is 5.92 Å². The van der Waals surface area contributed by atoms with Crippen LogP contribution in [0.25, 0.3) is 0 Å². The topological polar surface area (TPSA) is 52.0 Å². The molecule has 1 aromatic rings. The first-order chi connectivity index (χ1) is 7.10. The predicted molar refractivity (Wildman–Crippen MR) is 66.5 cm³/mol. The zero-order chi connectivity index (χ0) is 11.4. The van der Waals surface area contributed by atoms with Crippen molar-refractivity contribution in [3.8, 4) is 0 Å². The van der Waals surface area contributed by atoms with Crippen LogP contribution in [-0.4, -0.2) is 13.1 Å². The highest BCUT2D eigenvalue weighted by Gasteiger charge is 2.16. The lowest BCUT2D eigenvalue weighted by atomic mass is 9.88. The molecule has 0 spiro atoms. The summed E-state index contributed by atoms with van der Waals surface area (Å²) in [5.41, 5.74) is 12.4. The number of hydrogen-bond donors (Lipinski definition) is 2. The number of rotatable bonds is 4. The van der Waals surface area contributed by atoms with Crippen LogP contribution in [0.4, 0.5) is 0 Å². The van der Waals surface area contributed by atoms with Gasteiger partial charge in [-0.3, -0.25) is 0 Å². The summed E-state index contributed by atoms with van der Waals surface area (Å²) in [6.07, 6.45) is 0. The highest BCUT2D eigenvalue weighted by Crippen LogP contribution is 2.29. The molecule has 0 aliphatic heterocycles. The smallest absolute Gasteiger partial charge is 0.0595 e. The Kier molecular flexibility index (Phi) is 4.87. The molecular formula is C11H16Cl2N2. The second-order valence-corrected chi connectivity index (χ2v) is 4.51. The summed E-state index contributed by atoms with van der Waals surface area (Å²) in [6.45, 7) is 3.26. The third-order valence-corrected chi connectivity index (χ3v) is 3.52.